The van der Waals surface area contributed by atoms with Gasteiger partial charge in [0.2, 0.25) is 6.10 Å². The van der Waals surface area contributed by atoms with Crippen LogP contribution in [-0.2, 0) is 16.7 Å². The lowest BCUT2D eigenvalue weighted by Gasteiger charge is -2.08. The molecule has 0 fully saturated rings. The van der Waals surface area contributed by atoms with Gasteiger partial charge in [0.1, 0.15) is 11.4 Å². The third-order valence-corrected chi connectivity index (χ3v) is 5.19. The summed E-state index contributed by atoms with van der Waals surface area (Å²) < 4.78 is 8.38. The van der Waals surface area contributed by atoms with Gasteiger partial charge in [-0.25, -0.2) is 4.68 Å². The van der Waals surface area contributed by atoms with E-state index in [0.717, 1.165) is 17.0 Å². The monoisotopic (exact) mass is 406 g/mol. The second kappa shape index (κ2) is 7.90. The van der Waals surface area contributed by atoms with Crippen molar-refractivity contribution >= 4 is 17.3 Å². The Bertz CT molecular complexity index is 1160. The van der Waals surface area contributed by atoms with E-state index in [9.17, 15) is 9.59 Å². The van der Waals surface area contributed by atoms with Gasteiger partial charge in [0, 0.05) is 13.5 Å². The topological polar surface area (TPSA) is 86.8 Å². The number of rotatable bonds is 5. The highest BCUT2D eigenvalue weighted by molar-refractivity contribution is 6.06. The minimum Gasteiger partial charge on any atom is -0.497 e. The number of amides is 1. The summed E-state index contributed by atoms with van der Waals surface area (Å²) in [6, 6.07) is 16.6. The fraction of sp³-hybridized carbons (Fsp3) is 0.227. The first-order chi connectivity index (χ1) is 14.5. The van der Waals surface area contributed by atoms with Crippen molar-refractivity contribution in [2.24, 2.45) is 12.2 Å². The highest BCUT2D eigenvalue weighted by Crippen LogP contribution is 2.21. The van der Waals surface area contributed by atoms with E-state index in [1.165, 1.54) is 4.68 Å². The first-order valence-electron chi connectivity index (χ1n) is 9.51. The molecule has 0 spiro atoms. The predicted octanol–water partition coefficient (Wildman–Crippen LogP) is 2.62. The second-order valence-electron chi connectivity index (χ2n) is 6.99. The van der Waals surface area contributed by atoms with Gasteiger partial charge in [-0.05, 0) is 48.9 Å². The Labute approximate surface area is 173 Å². The van der Waals surface area contributed by atoms with Gasteiger partial charge in [-0.1, -0.05) is 23.4 Å². The predicted molar refractivity (Wildman–Crippen MR) is 113 cm³/mol. The van der Waals surface area contributed by atoms with Crippen LogP contribution in [0.4, 0.5) is 5.69 Å². The van der Waals surface area contributed by atoms with E-state index in [1.54, 1.807) is 25.8 Å². The first kappa shape index (κ1) is 19.5. The Morgan fingerprint density at radius 1 is 1.17 bits per heavy atom. The van der Waals surface area contributed by atoms with E-state index in [-0.39, 0.29) is 11.2 Å². The first-order valence-corrected chi connectivity index (χ1v) is 9.51. The molecule has 2 aromatic carbocycles. The normalized spacial score (nSPS) is 15.4. The maximum Gasteiger partial charge on any atom is 0.295 e. The standard InChI is InChI=1S/C22H22N4O4/c1-14-20(22(28)26(25(14)2)16-7-5-4-6-8-16)23-21(27)19-13-18(24-30-19)15-9-11-17(29-3)12-10-15/h4-12,19H,13H2,1-3H3,(H,23,27)/t19-/m1/s1. The van der Waals surface area contributed by atoms with Gasteiger partial charge in [0.05, 0.1) is 24.2 Å². The third-order valence-electron chi connectivity index (χ3n) is 5.19. The average molecular weight is 406 g/mol. The summed E-state index contributed by atoms with van der Waals surface area (Å²) in [5.41, 5.74) is 2.82. The van der Waals surface area contributed by atoms with Crippen molar-refractivity contribution in [3.05, 3.63) is 76.2 Å². The van der Waals surface area contributed by atoms with E-state index >= 15 is 0 Å². The fourth-order valence-corrected chi connectivity index (χ4v) is 3.39. The number of aromatic nitrogens is 2. The molecule has 0 radical (unpaired) electrons. The number of carbonyl (C=O) groups excluding carboxylic acids is 1. The Kier molecular flexibility index (Phi) is 5.14. The van der Waals surface area contributed by atoms with Gasteiger partial charge < -0.3 is 14.9 Å². The zero-order valence-electron chi connectivity index (χ0n) is 17.0. The molecule has 30 heavy (non-hydrogen) atoms. The molecule has 1 aliphatic heterocycles. The molecule has 0 unspecified atom stereocenters. The largest absolute Gasteiger partial charge is 0.497 e. The lowest BCUT2D eigenvalue weighted by atomic mass is 10.0. The molecule has 1 atom stereocenters. The van der Waals surface area contributed by atoms with Crippen molar-refractivity contribution in [3.8, 4) is 11.4 Å². The summed E-state index contributed by atoms with van der Waals surface area (Å²) in [5.74, 6) is 0.329. The molecule has 0 saturated heterocycles. The fourth-order valence-electron chi connectivity index (χ4n) is 3.39. The Morgan fingerprint density at radius 3 is 2.53 bits per heavy atom. The quantitative estimate of drug-likeness (QED) is 0.706. The van der Waals surface area contributed by atoms with E-state index in [2.05, 4.69) is 10.5 Å². The zero-order valence-corrected chi connectivity index (χ0v) is 17.0. The summed E-state index contributed by atoms with van der Waals surface area (Å²) >= 11 is 0. The minimum atomic E-state index is -0.800. The summed E-state index contributed by atoms with van der Waals surface area (Å²) in [5, 5.41) is 6.78. The number of oxime groups is 1. The zero-order chi connectivity index (χ0) is 21.3. The molecule has 3 aromatic rings. The van der Waals surface area contributed by atoms with E-state index in [4.69, 9.17) is 9.57 Å². The number of anilines is 1. The molecule has 0 bridgehead atoms. The van der Waals surface area contributed by atoms with Crippen LogP contribution in [0.5, 0.6) is 5.75 Å². The highest BCUT2D eigenvalue weighted by atomic mass is 16.6. The Balaban J connectivity index is 1.51. The SMILES string of the molecule is COc1ccc(C2=NO[C@@H](C(=O)Nc3c(C)n(C)n(-c4ccccc4)c3=O)C2)cc1. The van der Waals surface area contributed by atoms with Crippen molar-refractivity contribution in [1.82, 2.24) is 9.36 Å². The van der Waals surface area contributed by atoms with Crippen LogP contribution in [0.2, 0.25) is 0 Å². The smallest absolute Gasteiger partial charge is 0.295 e. The number of benzene rings is 2. The Hall–Kier alpha value is -3.81. The van der Waals surface area contributed by atoms with Crippen molar-refractivity contribution in [2.45, 2.75) is 19.4 Å². The lowest BCUT2D eigenvalue weighted by molar-refractivity contribution is -0.125. The number of carbonyl (C=O) groups is 1. The van der Waals surface area contributed by atoms with Crippen LogP contribution in [0, 0.1) is 6.92 Å². The van der Waals surface area contributed by atoms with Gasteiger partial charge in [0.15, 0.2) is 0 Å². The number of nitrogens with one attached hydrogen (secondary N) is 1. The molecular weight excluding hydrogens is 384 g/mol. The number of hydrogen-bond acceptors (Lipinski definition) is 5. The van der Waals surface area contributed by atoms with Crippen LogP contribution in [0.25, 0.3) is 5.69 Å². The van der Waals surface area contributed by atoms with E-state index in [1.807, 2.05) is 54.6 Å². The van der Waals surface area contributed by atoms with Crippen molar-refractivity contribution in [2.75, 3.05) is 12.4 Å². The summed E-state index contributed by atoms with van der Waals surface area (Å²) in [6.45, 7) is 1.78. The van der Waals surface area contributed by atoms with Crippen LogP contribution >= 0.6 is 0 Å². The van der Waals surface area contributed by atoms with Crippen LogP contribution in [-0.4, -0.2) is 34.2 Å². The molecule has 1 N–H and O–H groups in total. The second-order valence-corrected chi connectivity index (χ2v) is 6.99. The molecule has 4 rings (SSSR count). The van der Waals surface area contributed by atoms with Gasteiger partial charge in [-0.15, -0.1) is 0 Å². The lowest BCUT2D eigenvalue weighted by Crippen LogP contribution is -2.30. The maximum atomic E-state index is 13.0. The van der Waals surface area contributed by atoms with E-state index < -0.39 is 12.0 Å². The molecule has 1 aliphatic rings. The number of hydrogen-bond donors (Lipinski definition) is 1. The summed E-state index contributed by atoms with van der Waals surface area (Å²) in [6.07, 6.45) is -0.483. The molecule has 0 aliphatic carbocycles. The minimum absolute atomic E-state index is 0.229. The number of ether oxygens (including phenoxy) is 1. The molecule has 8 heteroatoms. The summed E-state index contributed by atoms with van der Waals surface area (Å²) in [4.78, 5) is 31.1. The van der Waals surface area contributed by atoms with Crippen molar-refractivity contribution in [1.29, 1.82) is 0 Å². The van der Waals surface area contributed by atoms with Crippen molar-refractivity contribution < 1.29 is 14.4 Å². The van der Waals surface area contributed by atoms with Gasteiger partial charge in [0.25, 0.3) is 11.5 Å². The Morgan fingerprint density at radius 2 is 1.87 bits per heavy atom. The molecule has 8 nitrogen and oxygen atoms in total. The number of methoxy groups -OCH3 is 1. The highest BCUT2D eigenvalue weighted by Gasteiger charge is 2.30. The van der Waals surface area contributed by atoms with Crippen LogP contribution in [0.15, 0.2) is 64.5 Å². The molecule has 2 heterocycles. The van der Waals surface area contributed by atoms with Crippen LogP contribution < -0.4 is 15.6 Å². The van der Waals surface area contributed by atoms with Crippen molar-refractivity contribution in [3.63, 3.8) is 0 Å². The number of nitrogens with zero attached hydrogens (tertiary/aromatic N) is 3. The molecular formula is C22H22N4O4. The summed E-state index contributed by atoms with van der Waals surface area (Å²) in [7, 11) is 3.37. The maximum absolute atomic E-state index is 13.0. The van der Waals surface area contributed by atoms with Gasteiger partial charge in [-0.2, -0.15) is 0 Å². The van der Waals surface area contributed by atoms with Gasteiger partial charge >= 0.3 is 0 Å². The third kappa shape index (κ3) is 3.47. The van der Waals surface area contributed by atoms with E-state index in [0.29, 0.717) is 17.8 Å². The average Bonchev–Trinajstić information content (AvgIpc) is 3.34. The molecule has 1 amide bonds. The molecule has 154 valence electrons. The molecule has 0 saturated carbocycles. The van der Waals surface area contributed by atoms with Gasteiger partial charge in [-0.3, -0.25) is 14.3 Å². The molecule has 1 aromatic heterocycles. The van der Waals surface area contributed by atoms with Crippen LogP contribution in [0.3, 0.4) is 0 Å². The number of para-hydroxylation sites is 1. The van der Waals surface area contributed by atoms with Crippen LogP contribution in [0.1, 0.15) is 17.7 Å².